The summed E-state index contributed by atoms with van der Waals surface area (Å²) < 4.78 is 38.3. The minimum Gasteiger partial charge on any atom is -0.459 e. The first kappa shape index (κ1) is 47.5. The number of rotatable bonds is 9. The molecule has 1 unspecified atom stereocenters. The number of ketones is 1. The largest absolute Gasteiger partial charge is 0.459 e. The molecule has 17 nitrogen and oxygen atoms in total. The minimum atomic E-state index is -1.85. The van der Waals surface area contributed by atoms with E-state index in [1.54, 1.807) is 33.8 Å². The molecule has 1 amide bonds. The second-order valence-electron chi connectivity index (χ2n) is 18.0. The van der Waals surface area contributed by atoms with Gasteiger partial charge in [0.05, 0.1) is 56.0 Å². The molecule has 0 aromatic carbocycles. The van der Waals surface area contributed by atoms with Crippen molar-refractivity contribution in [2.24, 2.45) is 33.8 Å². The van der Waals surface area contributed by atoms with E-state index >= 15 is 0 Å². The number of aromatic amines is 1. The van der Waals surface area contributed by atoms with Gasteiger partial charge in [0.2, 0.25) is 6.10 Å². The summed E-state index contributed by atoms with van der Waals surface area (Å²) in [4.78, 5) is 62.8. The van der Waals surface area contributed by atoms with Crippen molar-refractivity contribution < 1.29 is 57.9 Å². The van der Waals surface area contributed by atoms with E-state index in [2.05, 4.69) is 15.1 Å². The fourth-order valence-electron chi connectivity index (χ4n) is 9.36. The SMILES string of the molecule is CC[C@H]1OC(=O)[C@H](C)C(=O)[C@H](C)[C@@H](O[C@@H]2O[C@H](C)C[C@H](N(C)C)[C@H]2O)[C@@]2(C)C[C@@H](C)C3=NC(=O)C(COC/C=C/c4ccc5cc[nH]c5n4)O/N=C(\CO[C@@H]([C@@H]3C)[C@]1(C)O)CO2. The number of aliphatic imine (C=N–C) groups is 1. The van der Waals surface area contributed by atoms with Gasteiger partial charge in [-0.2, -0.15) is 0 Å². The average molecular weight is 868 g/mol. The number of cyclic esters (lactones) is 1. The lowest BCUT2D eigenvalue weighted by atomic mass is 9.73. The van der Waals surface area contributed by atoms with Gasteiger partial charge in [-0.1, -0.05) is 38.9 Å². The number of aromatic nitrogens is 2. The van der Waals surface area contributed by atoms with E-state index in [4.69, 9.17) is 38.3 Å². The summed E-state index contributed by atoms with van der Waals surface area (Å²) in [5, 5.41) is 29.4. The third-order valence-electron chi connectivity index (χ3n) is 12.9. The highest BCUT2D eigenvalue weighted by Gasteiger charge is 2.53. The fourth-order valence-corrected chi connectivity index (χ4v) is 9.36. The molecule has 6 heterocycles. The van der Waals surface area contributed by atoms with E-state index in [0.29, 0.717) is 12.1 Å². The first-order valence-corrected chi connectivity index (χ1v) is 21.7. The van der Waals surface area contributed by atoms with Gasteiger partial charge in [-0.25, -0.2) is 9.98 Å². The summed E-state index contributed by atoms with van der Waals surface area (Å²) >= 11 is 0. The number of fused-ring (bicyclic) bond motifs is 5. The molecule has 4 aliphatic rings. The van der Waals surface area contributed by atoms with Gasteiger partial charge in [-0.3, -0.25) is 14.4 Å². The highest BCUT2D eigenvalue weighted by molar-refractivity contribution is 6.01. The third-order valence-corrected chi connectivity index (χ3v) is 12.9. The Kier molecular flexibility index (Phi) is 15.2. The molecule has 0 saturated carbocycles. The van der Waals surface area contributed by atoms with Crippen molar-refractivity contribution in [1.82, 2.24) is 14.9 Å². The summed E-state index contributed by atoms with van der Waals surface area (Å²) in [5.74, 6) is -5.60. The number of nitrogens with one attached hydrogen (secondary N) is 1. The van der Waals surface area contributed by atoms with Crippen LogP contribution in [0.1, 0.15) is 80.3 Å². The smallest absolute Gasteiger partial charge is 0.316 e. The van der Waals surface area contributed by atoms with Crippen LogP contribution in [0.25, 0.3) is 17.1 Å². The van der Waals surface area contributed by atoms with Gasteiger partial charge in [0.15, 0.2) is 12.1 Å². The number of hydrogen-bond acceptors (Lipinski definition) is 15. The van der Waals surface area contributed by atoms with Crippen LogP contribution in [-0.2, 0) is 47.6 Å². The quantitative estimate of drug-likeness (QED) is 0.186. The number of Topliss-reactive ketones (excluding diaryl/α,β-unsaturated/α-hetero) is 1. The highest BCUT2D eigenvalue weighted by Crippen LogP contribution is 2.40. The number of likely N-dealkylation sites (N-methyl/N-ethyl adjacent to an activating group) is 1. The molecule has 4 bridgehead atoms. The molecule has 2 aromatic rings. The first-order chi connectivity index (χ1) is 29.3. The van der Waals surface area contributed by atoms with Crippen molar-refractivity contribution in [1.29, 1.82) is 0 Å². The molecule has 0 radical (unpaired) electrons. The maximum absolute atomic E-state index is 14.5. The lowest BCUT2D eigenvalue weighted by Gasteiger charge is -2.47. The van der Waals surface area contributed by atoms with Crippen LogP contribution in [0.5, 0.6) is 0 Å². The molecule has 14 atom stereocenters. The Morgan fingerprint density at radius 3 is 2.53 bits per heavy atom. The second kappa shape index (κ2) is 19.8. The Bertz CT molecular complexity index is 2000. The number of amides is 1. The molecule has 2 aromatic heterocycles. The standard InChI is InChI=1S/C45H65N5O12/c1-11-34-45(8,55)39-26(4)35-24(2)20-44(7,38(27(5)36(51)28(6)42(54)60-34)61-43-37(52)32(50(9)10)19-25(3)59-43)58-22-31(21-57-39)49-62-33(41(53)48-35)23-56-18-12-13-30-15-14-29-16-17-46-40(29)47-30/h12-17,24-28,32-34,37-39,43,52,55H,11,18-23H2,1-10H3,(H,46,47)/b13-12+,48-35?,49-31+/t24-,25-,26-,27+,28-,32+,33?,34-,37-,38-,39+,43+,44-,45-/m1/s1. The van der Waals surface area contributed by atoms with Crippen molar-refractivity contribution in [3.63, 3.8) is 0 Å². The van der Waals surface area contributed by atoms with E-state index in [9.17, 15) is 24.6 Å². The zero-order valence-corrected chi connectivity index (χ0v) is 37.6. The van der Waals surface area contributed by atoms with Crippen LogP contribution in [0, 0.1) is 23.7 Å². The number of nitrogens with zero attached hydrogens (tertiary/aromatic N) is 4. The Morgan fingerprint density at radius 1 is 1.05 bits per heavy atom. The van der Waals surface area contributed by atoms with Crippen LogP contribution in [0.2, 0.25) is 0 Å². The number of hydrogen-bond donors (Lipinski definition) is 3. The van der Waals surface area contributed by atoms with Crippen LogP contribution < -0.4 is 0 Å². The summed E-state index contributed by atoms with van der Waals surface area (Å²) in [5.41, 5.74) is -1.18. The zero-order valence-electron chi connectivity index (χ0n) is 37.6. The van der Waals surface area contributed by atoms with Crippen LogP contribution in [0.15, 0.2) is 40.6 Å². The summed E-state index contributed by atoms with van der Waals surface area (Å²) in [7, 11) is 3.73. The summed E-state index contributed by atoms with van der Waals surface area (Å²) in [6.07, 6.45) is -0.925. The zero-order chi connectivity index (χ0) is 45.1. The number of carbonyl (C=O) groups excluding carboxylic acids is 3. The van der Waals surface area contributed by atoms with Crippen molar-refractivity contribution in [3.05, 3.63) is 36.2 Å². The number of ether oxygens (including phenoxy) is 6. The average Bonchev–Trinajstić information content (AvgIpc) is 3.69. The van der Waals surface area contributed by atoms with E-state index < -0.39 is 89.3 Å². The van der Waals surface area contributed by atoms with Crippen molar-refractivity contribution >= 4 is 46.2 Å². The van der Waals surface area contributed by atoms with Gasteiger partial charge >= 0.3 is 5.97 Å². The van der Waals surface area contributed by atoms with Gasteiger partial charge in [-0.15, -0.1) is 0 Å². The monoisotopic (exact) mass is 867 g/mol. The van der Waals surface area contributed by atoms with Gasteiger partial charge in [0, 0.05) is 35.2 Å². The number of oxime groups is 1. The van der Waals surface area contributed by atoms with E-state index in [1.165, 1.54) is 13.8 Å². The Hall–Kier alpha value is -3.94. The summed E-state index contributed by atoms with van der Waals surface area (Å²) in [6, 6.07) is 5.47. The molecule has 6 rings (SSSR count). The fraction of sp³-hybridized carbons (Fsp3) is 0.689. The van der Waals surface area contributed by atoms with E-state index in [0.717, 1.165) is 16.7 Å². The van der Waals surface area contributed by atoms with E-state index in [1.807, 2.05) is 63.3 Å². The number of esters is 1. The molecule has 342 valence electrons. The van der Waals surface area contributed by atoms with E-state index in [-0.39, 0.29) is 57.1 Å². The second-order valence-corrected chi connectivity index (χ2v) is 18.0. The molecule has 4 aliphatic heterocycles. The number of H-pyrrole nitrogens is 1. The predicted molar refractivity (Wildman–Crippen MR) is 229 cm³/mol. The number of carbonyl (C=O) groups is 3. The molecule has 3 saturated heterocycles. The van der Waals surface area contributed by atoms with Gasteiger partial charge in [0.25, 0.3) is 5.91 Å². The van der Waals surface area contributed by atoms with Crippen LogP contribution in [0.4, 0.5) is 0 Å². The Morgan fingerprint density at radius 2 is 1.81 bits per heavy atom. The lowest BCUT2D eigenvalue weighted by Crippen LogP contribution is -2.60. The third kappa shape index (κ3) is 10.4. The molecule has 62 heavy (non-hydrogen) atoms. The Balaban J connectivity index is 1.39. The van der Waals surface area contributed by atoms with Crippen molar-refractivity contribution in [3.8, 4) is 0 Å². The Labute approximate surface area is 363 Å². The van der Waals surface area contributed by atoms with Gasteiger partial charge < -0.3 is 53.4 Å². The van der Waals surface area contributed by atoms with Gasteiger partial charge in [0.1, 0.15) is 35.1 Å². The molecular weight excluding hydrogens is 803 g/mol. The molecule has 17 heteroatoms. The lowest BCUT2D eigenvalue weighted by molar-refractivity contribution is -0.296. The van der Waals surface area contributed by atoms with Crippen LogP contribution >= 0.6 is 0 Å². The molecular formula is C45H65N5O12. The molecule has 0 aliphatic carbocycles. The minimum absolute atomic E-state index is 0.133. The maximum atomic E-state index is 14.5. The molecule has 3 N–H and O–H groups in total. The summed E-state index contributed by atoms with van der Waals surface area (Å²) in [6.45, 7) is 13.3. The van der Waals surface area contributed by atoms with Crippen molar-refractivity contribution in [2.75, 3.05) is 40.5 Å². The van der Waals surface area contributed by atoms with Crippen LogP contribution in [-0.4, -0.2) is 155 Å². The first-order valence-electron chi connectivity index (χ1n) is 21.7. The molecule has 0 spiro atoms. The number of aliphatic hydroxyl groups excluding tert-OH is 1. The highest BCUT2D eigenvalue weighted by atomic mass is 16.7. The van der Waals surface area contributed by atoms with Gasteiger partial charge in [-0.05, 0) is 91.2 Å². The number of pyridine rings is 1. The normalized spacial score (nSPS) is 38.8. The topological polar surface area (TPSA) is 213 Å². The molecule has 3 fully saturated rings. The van der Waals surface area contributed by atoms with Crippen molar-refractivity contribution in [2.45, 2.75) is 135 Å². The van der Waals surface area contributed by atoms with Crippen LogP contribution in [0.3, 0.4) is 0 Å². The predicted octanol–water partition coefficient (Wildman–Crippen LogP) is 3.89. The number of aliphatic hydroxyl groups is 2. The maximum Gasteiger partial charge on any atom is 0.316 e.